The summed E-state index contributed by atoms with van der Waals surface area (Å²) >= 11 is 0. The van der Waals surface area contributed by atoms with Crippen LogP contribution in [0.3, 0.4) is 0 Å². The normalized spacial score (nSPS) is 35.7. The number of hydrogen-bond acceptors (Lipinski definition) is 6. The lowest BCUT2D eigenvalue weighted by molar-refractivity contribution is -0.124. The summed E-state index contributed by atoms with van der Waals surface area (Å²) in [5.41, 5.74) is 0. The van der Waals surface area contributed by atoms with Crippen molar-refractivity contribution in [2.45, 2.75) is 81.5 Å². The molecular formula is C18H32N2O5. The van der Waals surface area contributed by atoms with Crippen LogP contribution < -0.4 is 10.6 Å². The average Bonchev–Trinajstić information content (AvgIpc) is 3.13. The Balaban J connectivity index is 1.37. The van der Waals surface area contributed by atoms with E-state index in [1.807, 2.05) is 0 Å². The minimum absolute atomic E-state index is 0.0490. The van der Waals surface area contributed by atoms with Gasteiger partial charge in [-0.2, -0.15) is 0 Å². The Morgan fingerprint density at radius 2 is 2.04 bits per heavy atom. The Morgan fingerprint density at radius 3 is 2.76 bits per heavy atom. The third-order valence-electron chi connectivity index (χ3n) is 5.53. The molecule has 0 aromatic heterocycles. The number of methoxy groups -OCH3 is 1. The van der Waals surface area contributed by atoms with E-state index in [4.69, 9.17) is 14.2 Å². The van der Waals surface area contributed by atoms with Gasteiger partial charge in [0.15, 0.2) is 0 Å². The number of rotatable bonds is 8. The molecule has 2 saturated heterocycles. The molecule has 0 aromatic carbocycles. The first-order valence-corrected chi connectivity index (χ1v) is 9.65. The van der Waals surface area contributed by atoms with Crippen molar-refractivity contribution in [3.05, 3.63) is 0 Å². The summed E-state index contributed by atoms with van der Waals surface area (Å²) in [6.07, 6.45) is 5.87. The van der Waals surface area contributed by atoms with E-state index >= 15 is 0 Å². The summed E-state index contributed by atoms with van der Waals surface area (Å²) in [6, 6.07) is 0.550. The van der Waals surface area contributed by atoms with Crippen LogP contribution in [0.5, 0.6) is 0 Å². The zero-order valence-electron chi connectivity index (χ0n) is 15.1. The lowest BCUT2D eigenvalue weighted by atomic mass is 9.95. The molecule has 3 fully saturated rings. The van der Waals surface area contributed by atoms with Crippen molar-refractivity contribution in [3.63, 3.8) is 0 Å². The number of aliphatic hydroxyl groups excluding tert-OH is 1. The molecule has 144 valence electrons. The Morgan fingerprint density at radius 1 is 1.24 bits per heavy atom. The maximum Gasteiger partial charge on any atom is 0.222 e. The molecule has 0 radical (unpaired) electrons. The van der Waals surface area contributed by atoms with Crippen LogP contribution in [0.25, 0.3) is 0 Å². The third kappa shape index (κ3) is 5.14. The molecule has 0 spiro atoms. The fourth-order valence-corrected chi connectivity index (χ4v) is 4.17. The average molecular weight is 356 g/mol. The predicted molar refractivity (Wildman–Crippen MR) is 92.3 cm³/mol. The van der Waals surface area contributed by atoms with Gasteiger partial charge in [-0.15, -0.1) is 0 Å². The van der Waals surface area contributed by atoms with E-state index in [2.05, 4.69) is 10.6 Å². The number of carbonyl (C=O) groups excluding carboxylic acids is 1. The van der Waals surface area contributed by atoms with Crippen LogP contribution in [-0.4, -0.2) is 74.4 Å². The Labute approximate surface area is 149 Å². The Bertz CT molecular complexity index is 430. The van der Waals surface area contributed by atoms with Gasteiger partial charge in [-0.3, -0.25) is 4.79 Å². The molecule has 3 aliphatic rings. The molecule has 2 heterocycles. The first-order chi connectivity index (χ1) is 12.2. The number of fused-ring (bicyclic) bond motifs is 1. The predicted octanol–water partition coefficient (Wildman–Crippen LogP) is 0.347. The van der Waals surface area contributed by atoms with Crippen molar-refractivity contribution < 1.29 is 24.1 Å². The maximum absolute atomic E-state index is 11.9. The molecule has 3 N–H and O–H groups in total. The molecule has 3 rings (SSSR count). The summed E-state index contributed by atoms with van der Waals surface area (Å²) in [5.74, 6) is -0.0490. The van der Waals surface area contributed by atoms with Crippen LogP contribution in [0.1, 0.15) is 44.9 Å². The molecule has 5 atom stereocenters. The molecule has 7 nitrogen and oxygen atoms in total. The van der Waals surface area contributed by atoms with E-state index in [9.17, 15) is 9.90 Å². The van der Waals surface area contributed by atoms with Gasteiger partial charge in [0.2, 0.25) is 5.91 Å². The Hall–Kier alpha value is -0.730. The molecule has 0 aromatic rings. The highest BCUT2D eigenvalue weighted by Crippen LogP contribution is 2.35. The lowest BCUT2D eigenvalue weighted by Crippen LogP contribution is -2.42. The standard InChI is InChI=1S/C18H32N2O5/c1-23-8-7-19-16(21)10-13-9-14-18(24-13)17(22)15(25-14)11-20-12-5-3-2-4-6-12/h12-15,17-18,20,22H,2-11H2,1H3,(H,19,21)/t13-,14+,15+,17+,18-/m0/s1. The van der Waals surface area contributed by atoms with Crippen LogP contribution in [0.4, 0.5) is 0 Å². The summed E-state index contributed by atoms with van der Waals surface area (Å²) in [5, 5.41) is 16.8. The zero-order chi connectivity index (χ0) is 17.6. The van der Waals surface area contributed by atoms with E-state index in [-0.39, 0.29) is 30.3 Å². The van der Waals surface area contributed by atoms with Gasteiger partial charge in [-0.25, -0.2) is 0 Å². The molecular weight excluding hydrogens is 324 g/mol. The first kappa shape index (κ1) is 19.0. The SMILES string of the molecule is COCCNC(=O)C[C@@H]1C[C@H]2O[C@H](CNC3CCCCC3)[C@@H](O)[C@H]2O1. The minimum atomic E-state index is -0.623. The monoisotopic (exact) mass is 356 g/mol. The summed E-state index contributed by atoms with van der Waals surface area (Å²) in [7, 11) is 1.60. The van der Waals surface area contributed by atoms with E-state index in [0.717, 1.165) is 0 Å². The van der Waals surface area contributed by atoms with Crippen LogP contribution in [-0.2, 0) is 19.0 Å². The number of aliphatic hydroxyl groups is 1. The number of amides is 1. The quantitative estimate of drug-likeness (QED) is 0.544. The van der Waals surface area contributed by atoms with E-state index in [1.54, 1.807) is 7.11 Å². The van der Waals surface area contributed by atoms with Crippen LogP contribution >= 0.6 is 0 Å². The van der Waals surface area contributed by atoms with Gasteiger partial charge < -0.3 is 30.0 Å². The van der Waals surface area contributed by atoms with Gasteiger partial charge in [0.25, 0.3) is 0 Å². The summed E-state index contributed by atoms with van der Waals surface area (Å²) in [6.45, 7) is 1.67. The fourth-order valence-electron chi connectivity index (χ4n) is 4.17. The minimum Gasteiger partial charge on any atom is -0.388 e. The van der Waals surface area contributed by atoms with Crippen molar-refractivity contribution in [3.8, 4) is 0 Å². The number of nitrogens with one attached hydrogen (secondary N) is 2. The fraction of sp³-hybridized carbons (Fsp3) is 0.944. The molecule has 1 amide bonds. The van der Waals surface area contributed by atoms with Gasteiger partial charge in [0.05, 0.1) is 31.3 Å². The van der Waals surface area contributed by atoms with Gasteiger partial charge in [-0.1, -0.05) is 19.3 Å². The highest BCUT2D eigenvalue weighted by molar-refractivity contribution is 5.76. The van der Waals surface area contributed by atoms with Gasteiger partial charge in [0.1, 0.15) is 12.2 Å². The smallest absolute Gasteiger partial charge is 0.222 e. The number of hydrogen-bond donors (Lipinski definition) is 3. The summed E-state index contributed by atoms with van der Waals surface area (Å²) in [4.78, 5) is 11.9. The zero-order valence-corrected chi connectivity index (χ0v) is 15.1. The van der Waals surface area contributed by atoms with Crippen LogP contribution in [0.15, 0.2) is 0 Å². The van der Waals surface area contributed by atoms with Gasteiger partial charge >= 0.3 is 0 Å². The highest BCUT2D eigenvalue weighted by atomic mass is 16.6. The second-order valence-corrected chi connectivity index (χ2v) is 7.45. The van der Waals surface area contributed by atoms with Crippen molar-refractivity contribution in [1.82, 2.24) is 10.6 Å². The third-order valence-corrected chi connectivity index (χ3v) is 5.53. The van der Waals surface area contributed by atoms with Crippen LogP contribution in [0, 0.1) is 0 Å². The van der Waals surface area contributed by atoms with Crippen molar-refractivity contribution in [1.29, 1.82) is 0 Å². The molecule has 0 unspecified atom stereocenters. The second kappa shape index (κ2) is 9.28. The molecule has 1 aliphatic carbocycles. The first-order valence-electron chi connectivity index (χ1n) is 9.65. The van der Waals surface area contributed by atoms with Crippen molar-refractivity contribution >= 4 is 5.91 Å². The largest absolute Gasteiger partial charge is 0.388 e. The highest BCUT2D eigenvalue weighted by Gasteiger charge is 2.50. The maximum atomic E-state index is 11.9. The molecule has 0 bridgehead atoms. The molecule has 25 heavy (non-hydrogen) atoms. The summed E-state index contributed by atoms with van der Waals surface area (Å²) < 4.78 is 16.8. The van der Waals surface area contributed by atoms with Gasteiger partial charge in [0, 0.05) is 32.7 Å². The van der Waals surface area contributed by atoms with E-state index in [1.165, 1.54) is 32.1 Å². The van der Waals surface area contributed by atoms with Gasteiger partial charge in [-0.05, 0) is 12.8 Å². The second-order valence-electron chi connectivity index (χ2n) is 7.45. The lowest BCUT2D eigenvalue weighted by Gasteiger charge is -2.26. The number of carbonyl (C=O) groups is 1. The molecule has 1 saturated carbocycles. The van der Waals surface area contributed by atoms with E-state index < -0.39 is 6.10 Å². The number of ether oxygens (including phenoxy) is 3. The molecule has 2 aliphatic heterocycles. The Kier molecular flexibility index (Phi) is 7.07. The van der Waals surface area contributed by atoms with Crippen molar-refractivity contribution in [2.75, 3.05) is 26.8 Å². The van der Waals surface area contributed by atoms with Crippen LogP contribution in [0.2, 0.25) is 0 Å². The van der Waals surface area contributed by atoms with Crippen molar-refractivity contribution in [2.24, 2.45) is 0 Å². The topological polar surface area (TPSA) is 89.1 Å². The van der Waals surface area contributed by atoms with E-state index in [0.29, 0.717) is 38.6 Å². The molecule has 7 heteroatoms.